The summed E-state index contributed by atoms with van der Waals surface area (Å²) in [5.41, 5.74) is 0.929. The molecule has 144 valence electrons. The molecule has 1 aliphatic heterocycles. The molecule has 1 atom stereocenters. The molecule has 1 aromatic carbocycles. The molecule has 0 spiro atoms. The second kappa shape index (κ2) is 7.63. The standard InChI is InChI=1S/C19H21N7O2/c1-20-18-21-10-14(11-22-18)17(27)25-9-5-6-13(12-25)16-23-24-19(28)26(16)15-7-3-2-4-8-15/h2-4,7-8,10-11,13H,5-6,9,12H2,1H3,(H,24,28)(H,20,21,22). The van der Waals surface area contributed by atoms with Crippen LogP contribution in [0.1, 0.15) is 34.9 Å². The lowest BCUT2D eigenvalue weighted by molar-refractivity contribution is 0.0703. The quantitative estimate of drug-likeness (QED) is 0.709. The van der Waals surface area contributed by atoms with Crippen LogP contribution in [0.25, 0.3) is 5.69 Å². The molecule has 9 heteroatoms. The molecule has 2 N–H and O–H groups in total. The van der Waals surface area contributed by atoms with Crippen molar-refractivity contribution in [2.75, 3.05) is 25.5 Å². The van der Waals surface area contributed by atoms with Gasteiger partial charge in [-0.3, -0.25) is 4.79 Å². The number of para-hydroxylation sites is 1. The van der Waals surface area contributed by atoms with Crippen molar-refractivity contribution < 1.29 is 4.79 Å². The first-order valence-corrected chi connectivity index (χ1v) is 9.19. The molecule has 2 aromatic heterocycles. The van der Waals surface area contributed by atoms with E-state index in [1.807, 2.05) is 30.3 Å². The fraction of sp³-hybridized carbons (Fsp3) is 0.316. The Kier molecular flexibility index (Phi) is 4.88. The number of nitrogens with one attached hydrogen (secondary N) is 2. The van der Waals surface area contributed by atoms with Crippen molar-refractivity contribution in [3.63, 3.8) is 0 Å². The van der Waals surface area contributed by atoms with Gasteiger partial charge >= 0.3 is 5.69 Å². The summed E-state index contributed by atoms with van der Waals surface area (Å²) in [7, 11) is 1.72. The van der Waals surface area contributed by atoms with E-state index >= 15 is 0 Å². The number of rotatable bonds is 4. The molecule has 4 rings (SSSR count). The third-order valence-corrected chi connectivity index (χ3v) is 4.91. The van der Waals surface area contributed by atoms with E-state index in [4.69, 9.17) is 0 Å². The number of nitrogens with zero attached hydrogens (tertiary/aromatic N) is 5. The number of carbonyl (C=O) groups is 1. The van der Waals surface area contributed by atoms with Gasteiger partial charge in [-0.05, 0) is 25.0 Å². The van der Waals surface area contributed by atoms with Crippen LogP contribution in [0.4, 0.5) is 5.95 Å². The van der Waals surface area contributed by atoms with Gasteiger partial charge in [0.05, 0.1) is 11.3 Å². The summed E-state index contributed by atoms with van der Waals surface area (Å²) in [5.74, 6) is 0.970. The van der Waals surface area contributed by atoms with E-state index in [9.17, 15) is 9.59 Å². The fourth-order valence-corrected chi connectivity index (χ4v) is 3.53. The Hall–Kier alpha value is -3.49. The van der Waals surface area contributed by atoms with Gasteiger partial charge in [-0.2, -0.15) is 5.10 Å². The number of likely N-dealkylation sites (tertiary alicyclic amines) is 1. The number of benzene rings is 1. The predicted molar refractivity (Wildman–Crippen MR) is 104 cm³/mol. The Morgan fingerprint density at radius 1 is 1.21 bits per heavy atom. The van der Waals surface area contributed by atoms with Crippen LogP contribution in [0.15, 0.2) is 47.5 Å². The molecule has 28 heavy (non-hydrogen) atoms. The van der Waals surface area contributed by atoms with Crippen LogP contribution in [-0.4, -0.2) is 55.7 Å². The van der Waals surface area contributed by atoms with Crippen LogP contribution in [0.2, 0.25) is 0 Å². The monoisotopic (exact) mass is 379 g/mol. The molecule has 3 aromatic rings. The second-order valence-corrected chi connectivity index (χ2v) is 6.69. The SMILES string of the molecule is CNc1ncc(C(=O)N2CCCC(c3n[nH]c(=O)n3-c3ccccc3)C2)cn1. The first-order valence-electron chi connectivity index (χ1n) is 9.19. The number of aromatic amines is 1. The normalized spacial score (nSPS) is 16.8. The Labute approximate surface area is 161 Å². The molecule has 1 aliphatic rings. The van der Waals surface area contributed by atoms with E-state index < -0.39 is 0 Å². The Bertz CT molecular complexity index is 1010. The van der Waals surface area contributed by atoms with Crippen LogP contribution in [0.3, 0.4) is 0 Å². The van der Waals surface area contributed by atoms with Gasteiger partial charge in [0.15, 0.2) is 0 Å². The van der Waals surface area contributed by atoms with Gasteiger partial charge in [0, 0.05) is 38.4 Å². The minimum Gasteiger partial charge on any atom is -0.357 e. The van der Waals surface area contributed by atoms with Crippen LogP contribution >= 0.6 is 0 Å². The number of hydrogen-bond donors (Lipinski definition) is 2. The van der Waals surface area contributed by atoms with Crippen LogP contribution < -0.4 is 11.0 Å². The number of anilines is 1. The second-order valence-electron chi connectivity index (χ2n) is 6.69. The highest BCUT2D eigenvalue weighted by Gasteiger charge is 2.29. The van der Waals surface area contributed by atoms with Crippen LogP contribution in [0, 0.1) is 0 Å². The van der Waals surface area contributed by atoms with E-state index in [0.717, 1.165) is 18.5 Å². The number of piperidine rings is 1. The average molecular weight is 379 g/mol. The maximum atomic E-state index is 12.9. The van der Waals surface area contributed by atoms with Crippen molar-refractivity contribution >= 4 is 11.9 Å². The largest absolute Gasteiger partial charge is 0.357 e. The Morgan fingerprint density at radius 2 is 1.96 bits per heavy atom. The first kappa shape index (κ1) is 17.9. The van der Waals surface area contributed by atoms with Gasteiger partial charge in [-0.1, -0.05) is 18.2 Å². The molecule has 0 saturated carbocycles. The highest BCUT2D eigenvalue weighted by atomic mass is 16.2. The van der Waals surface area contributed by atoms with E-state index in [1.165, 1.54) is 12.4 Å². The molecule has 0 aliphatic carbocycles. The highest BCUT2D eigenvalue weighted by molar-refractivity contribution is 5.93. The highest BCUT2D eigenvalue weighted by Crippen LogP contribution is 2.27. The molecule has 0 bridgehead atoms. The van der Waals surface area contributed by atoms with Crippen molar-refractivity contribution in [2.24, 2.45) is 0 Å². The van der Waals surface area contributed by atoms with Crippen molar-refractivity contribution in [1.82, 2.24) is 29.6 Å². The molecule has 0 radical (unpaired) electrons. The molecule has 1 fully saturated rings. The van der Waals surface area contributed by atoms with Gasteiger partial charge in [-0.25, -0.2) is 24.4 Å². The summed E-state index contributed by atoms with van der Waals surface area (Å²) in [5, 5.41) is 9.64. The number of H-pyrrole nitrogens is 1. The van der Waals surface area contributed by atoms with Crippen LogP contribution in [-0.2, 0) is 0 Å². The molecule has 1 unspecified atom stereocenters. The Morgan fingerprint density at radius 3 is 2.68 bits per heavy atom. The van der Waals surface area contributed by atoms with E-state index in [1.54, 1.807) is 16.5 Å². The average Bonchev–Trinajstić information content (AvgIpc) is 3.15. The van der Waals surface area contributed by atoms with E-state index in [-0.39, 0.29) is 17.5 Å². The third kappa shape index (κ3) is 3.38. The summed E-state index contributed by atoms with van der Waals surface area (Å²) in [4.78, 5) is 35.2. The molecular formula is C19H21N7O2. The first-order chi connectivity index (χ1) is 13.7. The summed E-state index contributed by atoms with van der Waals surface area (Å²) >= 11 is 0. The zero-order chi connectivity index (χ0) is 19.5. The van der Waals surface area contributed by atoms with Gasteiger partial charge in [0.25, 0.3) is 5.91 Å². The van der Waals surface area contributed by atoms with E-state index in [0.29, 0.717) is 30.4 Å². The number of aromatic nitrogens is 5. The van der Waals surface area contributed by atoms with Crippen molar-refractivity contribution in [1.29, 1.82) is 0 Å². The number of hydrogen-bond acceptors (Lipinski definition) is 6. The molecule has 1 saturated heterocycles. The van der Waals surface area contributed by atoms with Crippen molar-refractivity contribution in [3.05, 3.63) is 64.6 Å². The predicted octanol–water partition coefficient (Wildman–Crippen LogP) is 1.41. The van der Waals surface area contributed by atoms with Crippen molar-refractivity contribution in [3.8, 4) is 5.69 Å². The lowest BCUT2D eigenvalue weighted by Crippen LogP contribution is -2.40. The molecule has 9 nitrogen and oxygen atoms in total. The number of amides is 1. The summed E-state index contributed by atoms with van der Waals surface area (Å²) in [6.45, 7) is 1.15. The third-order valence-electron chi connectivity index (χ3n) is 4.91. The number of carbonyl (C=O) groups excluding carboxylic acids is 1. The maximum Gasteiger partial charge on any atom is 0.347 e. The lowest BCUT2D eigenvalue weighted by Gasteiger charge is -2.32. The molecule has 1 amide bonds. The molecule has 3 heterocycles. The summed E-state index contributed by atoms with van der Waals surface area (Å²) < 4.78 is 1.59. The smallest absolute Gasteiger partial charge is 0.347 e. The minimum absolute atomic E-state index is 0.0330. The van der Waals surface area contributed by atoms with E-state index in [2.05, 4.69) is 25.5 Å². The summed E-state index contributed by atoms with van der Waals surface area (Å²) in [6, 6.07) is 9.39. The zero-order valence-corrected chi connectivity index (χ0v) is 15.5. The summed E-state index contributed by atoms with van der Waals surface area (Å²) in [6.07, 6.45) is 4.75. The van der Waals surface area contributed by atoms with Gasteiger partial charge < -0.3 is 10.2 Å². The lowest BCUT2D eigenvalue weighted by atomic mass is 9.96. The molecular weight excluding hydrogens is 358 g/mol. The van der Waals surface area contributed by atoms with Crippen LogP contribution in [0.5, 0.6) is 0 Å². The van der Waals surface area contributed by atoms with Gasteiger partial charge in [0.2, 0.25) is 5.95 Å². The van der Waals surface area contributed by atoms with Crippen molar-refractivity contribution in [2.45, 2.75) is 18.8 Å². The topological polar surface area (TPSA) is 109 Å². The minimum atomic E-state index is -0.277. The van der Waals surface area contributed by atoms with Gasteiger partial charge in [-0.15, -0.1) is 0 Å². The van der Waals surface area contributed by atoms with Gasteiger partial charge in [0.1, 0.15) is 5.82 Å². The zero-order valence-electron chi connectivity index (χ0n) is 15.5. The fourth-order valence-electron chi connectivity index (χ4n) is 3.53. The maximum absolute atomic E-state index is 12.9. The Balaban J connectivity index is 1.58.